The van der Waals surface area contributed by atoms with Gasteiger partial charge in [0.15, 0.2) is 0 Å². The maximum absolute atomic E-state index is 13.0. The van der Waals surface area contributed by atoms with Gasteiger partial charge < -0.3 is 10.3 Å². The molecule has 0 saturated carbocycles. The van der Waals surface area contributed by atoms with E-state index in [1.54, 1.807) is 30.6 Å². The molecule has 0 aliphatic heterocycles. The highest BCUT2D eigenvalue weighted by atomic mass is 32.2. The van der Waals surface area contributed by atoms with Crippen molar-refractivity contribution in [1.82, 2.24) is 19.6 Å². The van der Waals surface area contributed by atoms with Gasteiger partial charge in [-0.2, -0.15) is 4.31 Å². The number of fused-ring (bicyclic) bond motifs is 3. The van der Waals surface area contributed by atoms with Crippen molar-refractivity contribution < 1.29 is 13.2 Å². The van der Waals surface area contributed by atoms with Gasteiger partial charge in [-0.15, -0.1) is 0 Å². The first-order valence-corrected chi connectivity index (χ1v) is 11.1. The zero-order valence-corrected chi connectivity index (χ0v) is 17.1. The van der Waals surface area contributed by atoms with Gasteiger partial charge in [0.1, 0.15) is 0 Å². The van der Waals surface area contributed by atoms with Crippen LogP contribution in [0.5, 0.6) is 0 Å². The fourth-order valence-corrected chi connectivity index (χ4v) is 4.93. The van der Waals surface area contributed by atoms with E-state index in [1.807, 2.05) is 12.1 Å². The van der Waals surface area contributed by atoms with Crippen LogP contribution in [0.4, 0.5) is 0 Å². The minimum Gasteiger partial charge on any atom is -0.358 e. The van der Waals surface area contributed by atoms with Crippen LogP contribution < -0.4 is 5.32 Å². The predicted octanol–water partition coefficient (Wildman–Crippen LogP) is 2.38. The fraction of sp³-hybridized carbons (Fsp3) is 0.333. The summed E-state index contributed by atoms with van der Waals surface area (Å²) in [7, 11) is -2.34. The minimum absolute atomic E-state index is 0.208. The van der Waals surface area contributed by atoms with Gasteiger partial charge in [-0.25, -0.2) is 8.42 Å². The second kappa shape index (κ2) is 7.96. The maximum Gasteiger partial charge on any atom is 0.243 e. The van der Waals surface area contributed by atoms with Gasteiger partial charge in [0, 0.05) is 42.6 Å². The molecule has 0 unspecified atom stereocenters. The predicted molar refractivity (Wildman–Crippen MR) is 111 cm³/mol. The zero-order valence-electron chi connectivity index (χ0n) is 16.3. The van der Waals surface area contributed by atoms with Crippen LogP contribution in [0.1, 0.15) is 29.7 Å². The Balaban J connectivity index is 1.49. The molecule has 1 amide bonds. The number of aryl methyl sites for hydroxylation is 2. The number of carbonyl (C=O) groups excluding carboxylic acids is 1. The van der Waals surface area contributed by atoms with Crippen molar-refractivity contribution in [3.8, 4) is 0 Å². The van der Waals surface area contributed by atoms with Crippen LogP contribution in [0.3, 0.4) is 0 Å². The number of nitrogens with zero attached hydrogens (tertiary/aromatic N) is 2. The van der Waals surface area contributed by atoms with Crippen LogP contribution >= 0.6 is 0 Å². The average Bonchev–Trinajstić information content (AvgIpc) is 3.11. The summed E-state index contributed by atoms with van der Waals surface area (Å²) >= 11 is 0. The number of pyridine rings is 1. The number of hydrogen-bond acceptors (Lipinski definition) is 4. The van der Waals surface area contributed by atoms with Gasteiger partial charge in [0.05, 0.1) is 11.4 Å². The number of hydrogen-bond donors (Lipinski definition) is 2. The first-order chi connectivity index (χ1) is 13.9. The molecule has 2 N–H and O–H groups in total. The molecule has 0 saturated heterocycles. The number of rotatable bonds is 6. The van der Waals surface area contributed by atoms with E-state index in [9.17, 15) is 13.2 Å². The highest BCUT2D eigenvalue weighted by Gasteiger charge is 2.24. The monoisotopic (exact) mass is 412 g/mol. The van der Waals surface area contributed by atoms with Gasteiger partial charge in [0.2, 0.25) is 15.9 Å². The number of aromatic amines is 1. The van der Waals surface area contributed by atoms with E-state index in [0.29, 0.717) is 6.54 Å². The molecule has 2 heterocycles. The molecule has 0 fully saturated rings. The quantitative estimate of drug-likeness (QED) is 0.650. The fourth-order valence-electron chi connectivity index (χ4n) is 3.77. The number of carbonyl (C=O) groups is 1. The number of sulfonamides is 1. The van der Waals surface area contributed by atoms with Crippen LogP contribution in [0.2, 0.25) is 0 Å². The van der Waals surface area contributed by atoms with Crippen molar-refractivity contribution in [2.75, 3.05) is 13.6 Å². The van der Waals surface area contributed by atoms with E-state index in [2.05, 4.69) is 15.3 Å². The highest BCUT2D eigenvalue weighted by Crippen LogP contribution is 2.31. The Morgan fingerprint density at radius 1 is 1.24 bits per heavy atom. The van der Waals surface area contributed by atoms with Crippen molar-refractivity contribution in [1.29, 1.82) is 0 Å². The summed E-state index contributed by atoms with van der Waals surface area (Å²) in [5.74, 6) is -0.361. The molecular formula is C21H24N4O3S. The molecule has 0 atom stereocenters. The van der Waals surface area contributed by atoms with Crippen LogP contribution in [0.15, 0.2) is 47.6 Å². The summed E-state index contributed by atoms with van der Waals surface area (Å²) in [5, 5.41) is 3.70. The van der Waals surface area contributed by atoms with E-state index in [-0.39, 0.29) is 17.3 Å². The Hall–Kier alpha value is -2.71. The van der Waals surface area contributed by atoms with E-state index in [1.165, 1.54) is 18.3 Å². The number of H-pyrrole nitrogens is 1. The molecule has 0 spiro atoms. The van der Waals surface area contributed by atoms with Gasteiger partial charge in [-0.1, -0.05) is 6.07 Å². The Morgan fingerprint density at radius 3 is 2.86 bits per heavy atom. The standard InChI is InChI=1S/C21H24N4O3S/c1-25(14-21(26)23-13-15-5-4-10-22-12-15)29(27,28)16-8-9-20-18(11-16)17-6-2-3-7-19(17)24-20/h4-5,8-12,24H,2-3,6-7,13-14H2,1H3,(H,23,26). The van der Waals surface area contributed by atoms with Crippen molar-refractivity contribution in [2.45, 2.75) is 37.1 Å². The number of nitrogens with one attached hydrogen (secondary N) is 2. The Labute approximate surface area is 170 Å². The van der Waals surface area contributed by atoms with Crippen LogP contribution in [0.25, 0.3) is 10.9 Å². The molecule has 29 heavy (non-hydrogen) atoms. The van der Waals surface area contributed by atoms with Crippen LogP contribution in [-0.4, -0.2) is 42.2 Å². The number of benzene rings is 1. The molecule has 0 bridgehead atoms. The van der Waals surface area contributed by atoms with Crippen molar-refractivity contribution in [3.63, 3.8) is 0 Å². The average molecular weight is 413 g/mol. The van der Waals surface area contributed by atoms with Gasteiger partial charge in [0.25, 0.3) is 0 Å². The lowest BCUT2D eigenvalue weighted by atomic mass is 9.96. The zero-order chi connectivity index (χ0) is 20.4. The second-order valence-electron chi connectivity index (χ2n) is 7.40. The molecular weight excluding hydrogens is 388 g/mol. The number of aromatic nitrogens is 2. The second-order valence-corrected chi connectivity index (χ2v) is 9.44. The van der Waals surface area contributed by atoms with Gasteiger partial charge in [-0.3, -0.25) is 9.78 Å². The summed E-state index contributed by atoms with van der Waals surface area (Å²) in [4.78, 5) is 19.8. The highest BCUT2D eigenvalue weighted by molar-refractivity contribution is 7.89. The molecule has 3 aromatic rings. The lowest BCUT2D eigenvalue weighted by molar-refractivity contribution is -0.121. The SMILES string of the molecule is CN(CC(=O)NCc1cccnc1)S(=O)(=O)c1ccc2[nH]c3c(c2c1)CCCC3. The molecule has 7 nitrogen and oxygen atoms in total. The maximum atomic E-state index is 13.0. The van der Waals surface area contributed by atoms with Crippen LogP contribution in [-0.2, 0) is 34.2 Å². The molecule has 152 valence electrons. The van der Waals surface area contributed by atoms with E-state index >= 15 is 0 Å². The van der Waals surface area contributed by atoms with E-state index in [0.717, 1.165) is 46.5 Å². The lowest BCUT2D eigenvalue weighted by Gasteiger charge is -2.17. The van der Waals surface area contributed by atoms with E-state index < -0.39 is 10.0 Å². The summed E-state index contributed by atoms with van der Waals surface area (Å²) in [6, 6.07) is 8.78. The lowest BCUT2D eigenvalue weighted by Crippen LogP contribution is -2.38. The number of likely N-dealkylation sites (N-methyl/N-ethyl adjacent to an activating group) is 1. The summed E-state index contributed by atoms with van der Waals surface area (Å²) < 4.78 is 27.1. The smallest absolute Gasteiger partial charge is 0.243 e. The van der Waals surface area contributed by atoms with Crippen molar-refractivity contribution in [2.24, 2.45) is 0 Å². The Morgan fingerprint density at radius 2 is 2.07 bits per heavy atom. The first-order valence-electron chi connectivity index (χ1n) is 9.70. The molecule has 1 aliphatic carbocycles. The molecule has 0 radical (unpaired) electrons. The van der Waals surface area contributed by atoms with Crippen molar-refractivity contribution >= 4 is 26.8 Å². The van der Waals surface area contributed by atoms with Crippen LogP contribution in [0, 0.1) is 0 Å². The molecule has 1 aromatic carbocycles. The Bertz CT molecular complexity index is 1140. The normalized spacial score (nSPS) is 14.1. The third-order valence-corrected chi connectivity index (χ3v) is 7.16. The Kier molecular flexibility index (Phi) is 5.38. The third-order valence-electron chi connectivity index (χ3n) is 5.36. The molecule has 4 rings (SSSR count). The minimum atomic E-state index is -3.77. The van der Waals surface area contributed by atoms with Crippen molar-refractivity contribution in [3.05, 3.63) is 59.5 Å². The van der Waals surface area contributed by atoms with E-state index in [4.69, 9.17) is 0 Å². The van der Waals surface area contributed by atoms with Gasteiger partial charge in [-0.05, 0) is 61.1 Å². The number of amides is 1. The third kappa shape index (κ3) is 4.04. The first kappa shape index (κ1) is 19.6. The van der Waals surface area contributed by atoms with Gasteiger partial charge >= 0.3 is 0 Å². The summed E-state index contributed by atoms with van der Waals surface area (Å²) in [6.07, 6.45) is 7.56. The molecule has 8 heteroatoms. The topological polar surface area (TPSA) is 95.2 Å². The summed E-state index contributed by atoms with van der Waals surface area (Å²) in [5.41, 5.74) is 4.26. The molecule has 1 aliphatic rings. The molecule has 2 aromatic heterocycles. The largest absolute Gasteiger partial charge is 0.358 e. The summed E-state index contributed by atoms with van der Waals surface area (Å²) in [6.45, 7) is 0.0634.